The van der Waals surface area contributed by atoms with Crippen LogP contribution in [0.5, 0.6) is 23.0 Å². The molecule has 0 unspecified atom stereocenters. The lowest BCUT2D eigenvalue weighted by Gasteiger charge is -2.10. The third-order valence-electron chi connectivity index (χ3n) is 9.01. The van der Waals surface area contributed by atoms with Gasteiger partial charge in [-0.1, -0.05) is 72.8 Å². The quantitative estimate of drug-likeness (QED) is 0.0540. The minimum Gasteiger partial charge on any atom is -0.507 e. The molecule has 0 fully saturated rings. The topological polar surface area (TPSA) is 216 Å². The lowest BCUT2D eigenvalue weighted by atomic mass is 10.1. The highest BCUT2D eigenvalue weighted by molar-refractivity contribution is 6.03. The molecule has 6 N–H and O–H groups in total. The fourth-order valence-corrected chi connectivity index (χ4v) is 5.93. The Morgan fingerprint density at radius 2 is 0.707 bits per heavy atom. The van der Waals surface area contributed by atoms with Crippen molar-refractivity contribution in [3.8, 4) is 45.8 Å². The molecule has 7 rings (SSSR count). The molecule has 0 radical (unpaired) electrons. The number of nitrogens with one attached hydrogen (secondary N) is 2. The summed E-state index contributed by atoms with van der Waals surface area (Å²) in [7, 11) is 0. The van der Waals surface area contributed by atoms with Crippen LogP contribution in [0.2, 0.25) is 0 Å². The number of hydrazone groups is 2. The van der Waals surface area contributed by atoms with E-state index in [2.05, 4.69) is 41.4 Å². The molecule has 0 spiro atoms. The van der Waals surface area contributed by atoms with Gasteiger partial charge in [0.05, 0.1) is 22.8 Å². The Morgan fingerprint density at radius 3 is 1.02 bits per heavy atom. The minimum atomic E-state index is 0.0584. The SMILES string of the molecule is C/C(=N\Nc1nnc(-c2ccc(-c3nnc(N/N=C(\C)c4ccccc4O)n3/N=C(\C)c3ccccc3O)cc2)n1/N=C(\C)c1ccccc1O)c1ccccc1O. The average molecular weight is 775 g/mol. The summed E-state index contributed by atoms with van der Waals surface area (Å²) in [5.74, 6) is 1.33. The molecule has 2 aromatic heterocycles. The summed E-state index contributed by atoms with van der Waals surface area (Å²) < 4.78 is 2.96. The maximum Gasteiger partial charge on any atom is 0.266 e. The van der Waals surface area contributed by atoms with Crippen molar-refractivity contribution in [3.05, 3.63) is 144 Å². The highest BCUT2D eigenvalue weighted by Gasteiger charge is 2.19. The van der Waals surface area contributed by atoms with Crippen LogP contribution in [0.15, 0.2) is 142 Å². The zero-order valence-electron chi connectivity index (χ0n) is 31.8. The van der Waals surface area contributed by atoms with Crippen molar-refractivity contribution in [2.75, 3.05) is 10.9 Å². The van der Waals surface area contributed by atoms with E-state index in [1.165, 1.54) is 9.35 Å². The van der Waals surface area contributed by atoms with E-state index in [1.54, 1.807) is 125 Å². The van der Waals surface area contributed by atoms with Gasteiger partial charge < -0.3 is 20.4 Å². The van der Waals surface area contributed by atoms with Crippen LogP contribution in [0.4, 0.5) is 11.9 Å². The van der Waals surface area contributed by atoms with E-state index >= 15 is 0 Å². The number of aromatic hydroxyl groups is 4. The van der Waals surface area contributed by atoms with E-state index in [0.717, 1.165) is 0 Å². The van der Waals surface area contributed by atoms with Crippen LogP contribution in [0.1, 0.15) is 49.9 Å². The third kappa shape index (κ3) is 8.11. The van der Waals surface area contributed by atoms with E-state index in [0.29, 0.717) is 67.9 Å². The second-order valence-electron chi connectivity index (χ2n) is 13.0. The van der Waals surface area contributed by atoms with E-state index in [4.69, 9.17) is 10.2 Å². The average Bonchev–Trinajstić information content (AvgIpc) is 3.82. The molecular formula is C42H38N12O4. The molecule has 0 aliphatic rings. The van der Waals surface area contributed by atoms with Crippen LogP contribution >= 0.6 is 0 Å². The number of anilines is 2. The maximum atomic E-state index is 10.6. The lowest BCUT2D eigenvalue weighted by Crippen LogP contribution is -2.07. The Hall–Kier alpha value is -8.14. The number of phenolic OH excluding ortho intramolecular Hbond substituents is 4. The van der Waals surface area contributed by atoms with Gasteiger partial charge in [-0.25, -0.2) is 10.9 Å². The van der Waals surface area contributed by atoms with Crippen molar-refractivity contribution in [1.82, 2.24) is 29.7 Å². The highest BCUT2D eigenvalue weighted by Crippen LogP contribution is 2.28. The first-order valence-electron chi connectivity index (χ1n) is 18.0. The molecule has 0 aliphatic carbocycles. The molecule has 290 valence electrons. The summed E-state index contributed by atoms with van der Waals surface area (Å²) in [5.41, 5.74) is 11.2. The van der Waals surface area contributed by atoms with Crippen molar-refractivity contribution in [3.63, 3.8) is 0 Å². The summed E-state index contributed by atoms with van der Waals surface area (Å²) in [6, 6.07) is 34.7. The number of nitrogens with zero attached hydrogens (tertiary/aromatic N) is 10. The molecule has 0 bridgehead atoms. The number of hydrogen-bond donors (Lipinski definition) is 6. The number of para-hydroxylation sites is 4. The smallest absolute Gasteiger partial charge is 0.266 e. The molecule has 0 amide bonds. The van der Waals surface area contributed by atoms with Gasteiger partial charge in [-0.15, -0.1) is 20.4 Å². The predicted octanol–water partition coefficient (Wildman–Crippen LogP) is 7.24. The molecule has 0 aliphatic heterocycles. The molecule has 58 heavy (non-hydrogen) atoms. The molecule has 16 nitrogen and oxygen atoms in total. The van der Waals surface area contributed by atoms with Crippen molar-refractivity contribution < 1.29 is 20.4 Å². The Kier molecular flexibility index (Phi) is 11.0. The fourth-order valence-electron chi connectivity index (χ4n) is 5.93. The predicted molar refractivity (Wildman–Crippen MR) is 224 cm³/mol. The van der Waals surface area contributed by atoms with Gasteiger partial charge >= 0.3 is 0 Å². The Morgan fingerprint density at radius 1 is 0.414 bits per heavy atom. The van der Waals surface area contributed by atoms with Crippen LogP contribution < -0.4 is 10.9 Å². The standard InChI is InChI=1S/C42H38N12O4/c1-25(31-13-5-9-17-35(31)55)43-47-41-49-45-39(53(41)51-27(3)33-15-7-11-19-37(33)57)29-21-23-30(24-22-29)40-46-50-42(48-44-26(2)32-14-6-10-18-36(32)56)54(40)52-28(4)34-16-8-12-20-38(34)58/h5-24,55-58H,1-4H3,(H,47,49)(H,48,50)/b43-25+,44-26+,51-27+,52-28+. The van der Waals surface area contributed by atoms with Crippen molar-refractivity contribution >= 4 is 34.7 Å². The van der Waals surface area contributed by atoms with Crippen molar-refractivity contribution in [2.24, 2.45) is 20.4 Å². The first kappa shape index (κ1) is 38.1. The molecule has 0 atom stereocenters. The van der Waals surface area contributed by atoms with Gasteiger partial charge in [-0.3, -0.25) is 0 Å². The first-order chi connectivity index (χ1) is 28.1. The molecule has 0 saturated carbocycles. The second kappa shape index (κ2) is 16.7. The van der Waals surface area contributed by atoms with Gasteiger partial charge in [0.25, 0.3) is 11.9 Å². The minimum absolute atomic E-state index is 0.0584. The lowest BCUT2D eigenvalue weighted by molar-refractivity contribution is 0.473. The van der Waals surface area contributed by atoms with E-state index in [-0.39, 0.29) is 34.9 Å². The molecule has 16 heteroatoms. The van der Waals surface area contributed by atoms with Crippen LogP contribution in [-0.4, -0.2) is 73.0 Å². The van der Waals surface area contributed by atoms with Crippen LogP contribution in [-0.2, 0) is 0 Å². The van der Waals surface area contributed by atoms with Gasteiger partial charge in [0.15, 0.2) is 11.6 Å². The zero-order valence-corrected chi connectivity index (χ0v) is 31.8. The zero-order chi connectivity index (χ0) is 40.8. The van der Waals surface area contributed by atoms with Crippen molar-refractivity contribution in [1.29, 1.82) is 0 Å². The van der Waals surface area contributed by atoms with Gasteiger partial charge in [0.2, 0.25) is 0 Å². The van der Waals surface area contributed by atoms with Crippen LogP contribution in [0.3, 0.4) is 0 Å². The van der Waals surface area contributed by atoms with Crippen molar-refractivity contribution in [2.45, 2.75) is 27.7 Å². The number of aromatic nitrogens is 6. The number of benzene rings is 5. The highest BCUT2D eigenvalue weighted by atomic mass is 16.3. The largest absolute Gasteiger partial charge is 0.507 e. The van der Waals surface area contributed by atoms with E-state index < -0.39 is 0 Å². The van der Waals surface area contributed by atoms with Gasteiger partial charge in [0, 0.05) is 33.4 Å². The van der Waals surface area contributed by atoms with Gasteiger partial charge in [-0.05, 0) is 76.2 Å². The van der Waals surface area contributed by atoms with Gasteiger partial charge in [-0.2, -0.15) is 29.8 Å². The molecular weight excluding hydrogens is 737 g/mol. The van der Waals surface area contributed by atoms with E-state index in [1.807, 2.05) is 24.3 Å². The summed E-state index contributed by atoms with van der Waals surface area (Å²) in [5, 5.41) is 77.9. The molecule has 0 saturated heterocycles. The number of hydrogen-bond acceptors (Lipinski definition) is 14. The third-order valence-corrected chi connectivity index (χ3v) is 9.01. The Labute approximate surface area is 332 Å². The summed E-state index contributed by atoms with van der Waals surface area (Å²) in [4.78, 5) is 0. The first-order valence-corrected chi connectivity index (χ1v) is 18.0. The monoisotopic (exact) mass is 774 g/mol. The number of phenols is 4. The second-order valence-corrected chi connectivity index (χ2v) is 13.0. The van der Waals surface area contributed by atoms with E-state index in [9.17, 15) is 20.4 Å². The van der Waals surface area contributed by atoms with Crippen LogP contribution in [0.25, 0.3) is 22.8 Å². The Balaban J connectivity index is 1.27. The fraction of sp³-hybridized carbons (Fsp3) is 0.0952. The maximum absolute atomic E-state index is 10.6. The summed E-state index contributed by atoms with van der Waals surface area (Å²) in [6.45, 7) is 7.00. The van der Waals surface area contributed by atoms with Crippen LogP contribution in [0, 0.1) is 0 Å². The molecule has 2 heterocycles. The summed E-state index contributed by atoms with van der Waals surface area (Å²) >= 11 is 0. The number of rotatable bonds is 12. The molecule has 7 aromatic rings. The van der Waals surface area contributed by atoms with Gasteiger partial charge in [0.1, 0.15) is 23.0 Å². The Bertz CT molecular complexity index is 2550. The molecule has 5 aromatic carbocycles. The summed E-state index contributed by atoms with van der Waals surface area (Å²) in [6.07, 6.45) is 0. The normalized spacial score (nSPS) is 12.5.